The highest BCUT2D eigenvalue weighted by atomic mass is 32.2. The third-order valence-electron chi connectivity index (χ3n) is 3.28. The largest absolute Gasteiger partial charge is 0.392 e. The van der Waals surface area contributed by atoms with E-state index in [1.807, 2.05) is 13.8 Å². The molecule has 0 saturated heterocycles. The second-order valence-electron chi connectivity index (χ2n) is 4.46. The summed E-state index contributed by atoms with van der Waals surface area (Å²) in [6.45, 7) is 4.12. The maximum atomic E-state index is 12.7. The highest BCUT2D eigenvalue weighted by molar-refractivity contribution is 7.89. The molecule has 0 radical (unpaired) electrons. The Morgan fingerprint density at radius 1 is 1.45 bits per heavy atom. The van der Waals surface area contributed by atoms with E-state index in [1.54, 1.807) is 0 Å². The van der Waals surface area contributed by atoms with Gasteiger partial charge in [-0.3, -0.25) is 5.10 Å². The van der Waals surface area contributed by atoms with Crippen LogP contribution in [0.2, 0.25) is 0 Å². The van der Waals surface area contributed by atoms with Crippen LogP contribution >= 0.6 is 0 Å². The standard InChI is InChI=1S/C12H23N3O4S/c1-4-11(5-2)15(6-7-19-3)20(17,18)12-10(9-16)8-13-14-12/h8,11,16H,4-7,9H2,1-3H3,(H,13,14). The van der Waals surface area contributed by atoms with Crippen LogP contribution in [0.15, 0.2) is 11.2 Å². The summed E-state index contributed by atoms with van der Waals surface area (Å²) in [6.07, 6.45) is 2.75. The Morgan fingerprint density at radius 2 is 2.10 bits per heavy atom. The zero-order chi connectivity index (χ0) is 15.2. The molecule has 1 rings (SSSR count). The number of rotatable bonds is 9. The number of H-pyrrole nitrogens is 1. The van der Waals surface area contributed by atoms with Crippen molar-refractivity contribution < 1.29 is 18.3 Å². The van der Waals surface area contributed by atoms with Gasteiger partial charge in [-0.2, -0.15) is 9.40 Å². The molecule has 116 valence electrons. The molecule has 1 heterocycles. The van der Waals surface area contributed by atoms with E-state index in [0.29, 0.717) is 19.4 Å². The molecule has 0 saturated carbocycles. The van der Waals surface area contributed by atoms with E-state index in [9.17, 15) is 13.5 Å². The van der Waals surface area contributed by atoms with Gasteiger partial charge in [-0.05, 0) is 12.8 Å². The summed E-state index contributed by atoms with van der Waals surface area (Å²) in [7, 11) is -2.19. The number of ether oxygens (including phenoxy) is 1. The van der Waals surface area contributed by atoms with Gasteiger partial charge in [-0.1, -0.05) is 13.8 Å². The van der Waals surface area contributed by atoms with Gasteiger partial charge in [-0.25, -0.2) is 8.42 Å². The zero-order valence-corrected chi connectivity index (χ0v) is 13.0. The second kappa shape index (κ2) is 7.72. The minimum Gasteiger partial charge on any atom is -0.392 e. The Kier molecular flexibility index (Phi) is 6.60. The molecule has 0 fully saturated rings. The van der Waals surface area contributed by atoms with Crippen molar-refractivity contribution in [3.63, 3.8) is 0 Å². The van der Waals surface area contributed by atoms with Gasteiger partial charge in [0.05, 0.1) is 19.4 Å². The molecule has 0 aliphatic carbocycles. The van der Waals surface area contributed by atoms with Crippen LogP contribution in [0, 0.1) is 0 Å². The minimum atomic E-state index is -3.72. The fourth-order valence-corrected chi connectivity index (χ4v) is 3.99. The van der Waals surface area contributed by atoms with Gasteiger partial charge in [0.15, 0.2) is 5.03 Å². The van der Waals surface area contributed by atoms with E-state index in [4.69, 9.17) is 4.74 Å². The molecule has 0 aliphatic heterocycles. The lowest BCUT2D eigenvalue weighted by Crippen LogP contribution is -2.42. The number of hydrogen-bond acceptors (Lipinski definition) is 5. The minimum absolute atomic E-state index is 0.0389. The van der Waals surface area contributed by atoms with Crippen molar-refractivity contribution in [1.29, 1.82) is 0 Å². The third kappa shape index (κ3) is 3.57. The van der Waals surface area contributed by atoms with Crippen LogP contribution < -0.4 is 0 Å². The van der Waals surface area contributed by atoms with E-state index in [1.165, 1.54) is 17.6 Å². The molecule has 0 aromatic carbocycles. The molecule has 2 N–H and O–H groups in total. The average Bonchev–Trinajstić information content (AvgIpc) is 2.92. The van der Waals surface area contributed by atoms with Crippen molar-refractivity contribution in [2.24, 2.45) is 0 Å². The van der Waals surface area contributed by atoms with Crippen molar-refractivity contribution in [1.82, 2.24) is 14.5 Å². The van der Waals surface area contributed by atoms with Crippen LogP contribution in [0.25, 0.3) is 0 Å². The van der Waals surface area contributed by atoms with Crippen LogP contribution in [0.3, 0.4) is 0 Å². The van der Waals surface area contributed by atoms with Crippen LogP contribution in [0.1, 0.15) is 32.3 Å². The fourth-order valence-electron chi connectivity index (χ4n) is 2.13. The fraction of sp³-hybridized carbons (Fsp3) is 0.750. The van der Waals surface area contributed by atoms with Crippen LogP contribution in [-0.2, 0) is 21.4 Å². The molecular formula is C12H23N3O4S. The van der Waals surface area contributed by atoms with E-state index in [-0.39, 0.29) is 29.8 Å². The number of aromatic nitrogens is 2. The summed E-state index contributed by atoms with van der Waals surface area (Å²) in [5.41, 5.74) is 0.276. The van der Waals surface area contributed by atoms with Crippen LogP contribution in [0.5, 0.6) is 0 Å². The number of hydrogen-bond donors (Lipinski definition) is 2. The summed E-state index contributed by atoms with van der Waals surface area (Å²) >= 11 is 0. The van der Waals surface area contributed by atoms with Crippen molar-refractivity contribution in [2.45, 2.75) is 44.4 Å². The van der Waals surface area contributed by atoms with Crippen LogP contribution in [-0.4, -0.2) is 54.3 Å². The molecule has 8 heteroatoms. The highest BCUT2D eigenvalue weighted by Crippen LogP contribution is 2.22. The summed E-state index contributed by atoms with van der Waals surface area (Å²) in [6, 6.07) is -0.106. The summed E-state index contributed by atoms with van der Waals surface area (Å²) in [5, 5.41) is 15.4. The quantitative estimate of drug-likeness (QED) is 0.701. The average molecular weight is 305 g/mol. The van der Waals surface area contributed by atoms with E-state index >= 15 is 0 Å². The Hall–Kier alpha value is -0.960. The second-order valence-corrected chi connectivity index (χ2v) is 6.29. The third-order valence-corrected chi connectivity index (χ3v) is 5.25. The van der Waals surface area contributed by atoms with Gasteiger partial charge >= 0.3 is 0 Å². The smallest absolute Gasteiger partial charge is 0.260 e. The molecule has 0 aliphatic rings. The maximum Gasteiger partial charge on any atom is 0.260 e. The molecule has 20 heavy (non-hydrogen) atoms. The van der Waals surface area contributed by atoms with Crippen molar-refractivity contribution in [2.75, 3.05) is 20.3 Å². The lowest BCUT2D eigenvalue weighted by molar-refractivity contribution is 0.163. The van der Waals surface area contributed by atoms with Crippen molar-refractivity contribution in [3.05, 3.63) is 11.8 Å². The Bertz CT molecular complexity index is 497. The molecule has 7 nitrogen and oxygen atoms in total. The SMILES string of the molecule is CCC(CC)N(CCOC)S(=O)(=O)c1[nH]ncc1CO. The summed E-state index contributed by atoms with van der Waals surface area (Å²) in [5.74, 6) is 0. The number of aliphatic hydroxyl groups is 1. The molecule has 0 amide bonds. The first-order valence-electron chi connectivity index (χ1n) is 6.66. The van der Waals surface area contributed by atoms with Gasteiger partial charge < -0.3 is 9.84 Å². The molecule has 0 atom stereocenters. The number of methoxy groups -OCH3 is 1. The van der Waals surface area contributed by atoms with Gasteiger partial charge in [-0.15, -0.1) is 0 Å². The molecule has 0 spiro atoms. The topological polar surface area (TPSA) is 95.5 Å². The summed E-state index contributed by atoms with van der Waals surface area (Å²) in [4.78, 5) is 0. The predicted molar refractivity (Wildman–Crippen MR) is 74.6 cm³/mol. The highest BCUT2D eigenvalue weighted by Gasteiger charge is 2.32. The Labute approximate surface area is 120 Å². The van der Waals surface area contributed by atoms with Crippen molar-refractivity contribution in [3.8, 4) is 0 Å². The molecule has 0 unspecified atom stereocenters. The van der Waals surface area contributed by atoms with Gasteiger partial charge in [0.25, 0.3) is 10.0 Å². The predicted octanol–water partition coefficient (Wildman–Crippen LogP) is 0.728. The number of sulfonamides is 1. The van der Waals surface area contributed by atoms with Gasteiger partial charge in [0.1, 0.15) is 0 Å². The van der Waals surface area contributed by atoms with Crippen LogP contribution in [0.4, 0.5) is 0 Å². The normalized spacial score (nSPS) is 12.5. The number of aliphatic hydroxyl groups excluding tert-OH is 1. The summed E-state index contributed by atoms with van der Waals surface area (Å²) < 4.78 is 31.9. The Balaban J connectivity index is 3.16. The number of aromatic amines is 1. The maximum absolute atomic E-state index is 12.7. The lowest BCUT2D eigenvalue weighted by Gasteiger charge is -2.29. The van der Waals surface area contributed by atoms with E-state index in [0.717, 1.165) is 0 Å². The Morgan fingerprint density at radius 3 is 2.60 bits per heavy atom. The first kappa shape index (κ1) is 17.1. The lowest BCUT2D eigenvalue weighted by atomic mass is 10.2. The molecule has 1 aromatic rings. The van der Waals surface area contributed by atoms with Gasteiger partial charge in [0, 0.05) is 25.3 Å². The van der Waals surface area contributed by atoms with Gasteiger partial charge in [0.2, 0.25) is 0 Å². The molecular weight excluding hydrogens is 282 g/mol. The molecule has 0 bridgehead atoms. The van der Waals surface area contributed by atoms with Crippen molar-refractivity contribution >= 4 is 10.0 Å². The monoisotopic (exact) mass is 305 g/mol. The zero-order valence-electron chi connectivity index (χ0n) is 12.2. The first-order chi connectivity index (χ1) is 9.52. The number of nitrogens with one attached hydrogen (secondary N) is 1. The van der Waals surface area contributed by atoms with E-state index in [2.05, 4.69) is 10.2 Å². The molecule has 1 aromatic heterocycles. The first-order valence-corrected chi connectivity index (χ1v) is 8.10. The van der Waals surface area contributed by atoms with E-state index < -0.39 is 10.0 Å². The number of nitrogens with zero attached hydrogens (tertiary/aromatic N) is 2.